The molecule has 8 atom stereocenters. The summed E-state index contributed by atoms with van der Waals surface area (Å²) in [5.74, 6) is 3.49. The van der Waals surface area contributed by atoms with Gasteiger partial charge in [0.15, 0.2) is 0 Å². The highest BCUT2D eigenvalue weighted by atomic mass is 16.2. The molecular weight excluding hydrogens is 516 g/mol. The second-order valence-corrected chi connectivity index (χ2v) is 15.9. The normalized spacial score (nSPS) is 34.7. The smallest absolute Gasteiger partial charge is 0.220 e. The first kappa shape index (κ1) is 33.8. The Labute approximate surface area is 260 Å². The first-order valence-corrected chi connectivity index (χ1v) is 18.9. The van der Waals surface area contributed by atoms with E-state index in [1.165, 1.54) is 122 Å². The summed E-state index contributed by atoms with van der Waals surface area (Å²) in [7, 11) is 0. The van der Waals surface area contributed by atoms with E-state index in [2.05, 4.69) is 38.3 Å². The lowest BCUT2D eigenvalue weighted by Gasteiger charge is -2.60. The molecule has 3 saturated carbocycles. The number of hydrogen-bond donors (Lipinski definition) is 2. The monoisotopic (exact) mass is 585 g/mol. The zero-order valence-electron chi connectivity index (χ0n) is 28.3. The summed E-state index contributed by atoms with van der Waals surface area (Å²) in [4.78, 5) is 25.0. The van der Waals surface area contributed by atoms with Crippen LogP contribution in [-0.4, -0.2) is 23.9 Å². The molecule has 3 aliphatic carbocycles. The van der Waals surface area contributed by atoms with Gasteiger partial charge in [-0.25, -0.2) is 0 Å². The minimum absolute atomic E-state index is 0.270. The summed E-state index contributed by atoms with van der Waals surface area (Å²) < 4.78 is 0. The molecule has 0 radical (unpaired) electrons. The standard InChI is InChI=1S/C38H68N2O2/c1-5-6-7-8-9-10-11-12-13-14-15-16-17-18-19-20-35(41)39-29(2)31-22-23-32-30-21-24-34-38(4,28-26-36(42)40-34)33(30)25-27-37(31,32)3/h29-34H,5-28H2,1-4H3,(H,39,41)(H,40,42)/t29?,30-,31+,32-,33-,34+,37+,38+/m0/s1. The molecule has 4 nitrogen and oxygen atoms in total. The van der Waals surface area contributed by atoms with Crippen molar-refractivity contribution in [3.05, 3.63) is 0 Å². The van der Waals surface area contributed by atoms with Crippen molar-refractivity contribution in [2.24, 2.45) is 34.5 Å². The van der Waals surface area contributed by atoms with E-state index in [0.29, 0.717) is 30.2 Å². The van der Waals surface area contributed by atoms with Gasteiger partial charge in [0, 0.05) is 24.9 Å². The van der Waals surface area contributed by atoms with Crippen LogP contribution in [0.5, 0.6) is 0 Å². The molecule has 0 spiro atoms. The number of rotatable bonds is 18. The Bertz CT molecular complexity index is 843. The van der Waals surface area contributed by atoms with Gasteiger partial charge >= 0.3 is 0 Å². The van der Waals surface area contributed by atoms with E-state index in [9.17, 15) is 9.59 Å². The number of fused-ring (bicyclic) bond motifs is 5. The van der Waals surface area contributed by atoms with Crippen molar-refractivity contribution < 1.29 is 9.59 Å². The Hall–Kier alpha value is -1.06. The highest BCUT2D eigenvalue weighted by Crippen LogP contribution is 2.66. The maximum Gasteiger partial charge on any atom is 0.220 e. The van der Waals surface area contributed by atoms with Crippen molar-refractivity contribution in [1.82, 2.24) is 10.6 Å². The van der Waals surface area contributed by atoms with Gasteiger partial charge in [-0.3, -0.25) is 9.59 Å². The third-order valence-electron chi connectivity index (χ3n) is 13.2. The number of unbranched alkanes of at least 4 members (excludes halogenated alkanes) is 14. The van der Waals surface area contributed by atoms with Crippen molar-refractivity contribution in [2.45, 2.75) is 194 Å². The minimum Gasteiger partial charge on any atom is -0.353 e. The molecule has 4 aliphatic rings. The number of carbonyl (C=O) groups excluding carboxylic acids is 2. The molecule has 1 saturated heterocycles. The number of amides is 2. The van der Waals surface area contributed by atoms with Gasteiger partial charge < -0.3 is 10.6 Å². The minimum atomic E-state index is 0.270. The fraction of sp³-hybridized carbons (Fsp3) is 0.947. The van der Waals surface area contributed by atoms with Crippen LogP contribution < -0.4 is 10.6 Å². The highest BCUT2D eigenvalue weighted by molar-refractivity contribution is 5.77. The van der Waals surface area contributed by atoms with E-state index in [-0.39, 0.29) is 23.3 Å². The quantitative estimate of drug-likeness (QED) is 0.158. The van der Waals surface area contributed by atoms with Crippen LogP contribution in [0.25, 0.3) is 0 Å². The molecule has 1 aliphatic heterocycles. The van der Waals surface area contributed by atoms with Crippen LogP contribution in [0.2, 0.25) is 0 Å². The van der Waals surface area contributed by atoms with Gasteiger partial charge in [0.1, 0.15) is 0 Å². The summed E-state index contributed by atoms with van der Waals surface area (Å²) in [6, 6.07) is 0.667. The highest BCUT2D eigenvalue weighted by Gasteiger charge is 2.60. The van der Waals surface area contributed by atoms with Crippen molar-refractivity contribution in [3.63, 3.8) is 0 Å². The largest absolute Gasteiger partial charge is 0.353 e. The van der Waals surface area contributed by atoms with E-state index < -0.39 is 0 Å². The maximum absolute atomic E-state index is 12.9. The Kier molecular flexibility index (Phi) is 13.1. The molecule has 242 valence electrons. The molecule has 0 aromatic rings. The molecule has 1 unspecified atom stereocenters. The summed E-state index contributed by atoms with van der Waals surface area (Å²) in [6.07, 6.45) is 30.5. The maximum atomic E-state index is 12.9. The Morgan fingerprint density at radius 2 is 1.33 bits per heavy atom. The average Bonchev–Trinajstić information content (AvgIpc) is 3.33. The van der Waals surface area contributed by atoms with E-state index in [0.717, 1.165) is 37.0 Å². The predicted molar refractivity (Wildman–Crippen MR) is 176 cm³/mol. The lowest BCUT2D eigenvalue weighted by Crippen LogP contribution is -2.61. The summed E-state index contributed by atoms with van der Waals surface area (Å²) in [5, 5.41) is 6.84. The van der Waals surface area contributed by atoms with E-state index >= 15 is 0 Å². The first-order chi connectivity index (χ1) is 20.3. The second kappa shape index (κ2) is 16.3. The lowest BCUT2D eigenvalue weighted by molar-refractivity contribution is -0.137. The Morgan fingerprint density at radius 3 is 1.95 bits per heavy atom. The number of hydrogen-bond acceptors (Lipinski definition) is 2. The lowest BCUT2D eigenvalue weighted by atomic mass is 9.47. The average molecular weight is 585 g/mol. The zero-order valence-corrected chi connectivity index (χ0v) is 28.3. The third kappa shape index (κ3) is 8.35. The zero-order chi connectivity index (χ0) is 30.0. The Morgan fingerprint density at radius 1 is 0.762 bits per heavy atom. The van der Waals surface area contributed by atoms with Gasteiger partial charge in [0.05, 0.1) is 0 Å². The molecule has 0 aromatic carbocycles. The van der Waals surface area contributed by atoms with Gasteiger partial charge in [-0.1, -0.05) is 111 Å². The molecule has 1 heterocycles. The molecule has 4 fully saturated rings. The van der Waals surface area contributed by atoms with Crippen LogP contribution in [0.1, 0.15) is 182 Å². The summed E-state index contributed by atoms with van der Waals surface area (Å²) >= 11 is 0. The van der Waals surface area contributed by atoms with Gasteiger partial charge in [-0.15, -0.1) is 0 Å². The predicted octanol–water partition coefficient (Wildman–Crippen LogP) is 9.89. The number of carbonyl (C=O) groups is 2. The number of nitrogens with one attached hydrogen (secondary N) is 2. The first-order valence-electron chi connectivity index (χ1n) is 18.9. The van der Waals surface area contributed by atoms with Crippen molar-refractivity contribution in [2.75, 3.05) is 0 Å². The summed E-state index contributed by atoms with van der Waals surface area (Å²) in [6.45, 7) is 9.65. The molecule has 4 heteroatoms. The summed E-state index contributed by atoms with van der Waals surface area (Å²) in [5.41, 5.74) is 0.632. The van der Waals surface area contributed by atoms with Crippen molar-refractivity contribution in [3.8, 4) is 0 Å². The molecule has 0 aromatic heterocycles. The van der Waals surface area contributed by atoms with E-state index in [4.69, 9.17) is 0 Å². The van der Waals surface area contributed by atoms with Crippen LogP contribution in [0, 0.1) is 34.5 Å². The fourth-order valence-electron chi connectivity index (χ4n) is 10.6. The van der Waals surface area contributed by atoms with E-state index in [1.54, 1.807) is 0 Å². The van der Waals surface area contributed by atoms with Crippen LogP contribution in [-0.2, 0) is 9.59 Å². The van der Waals surface area contributed by atoms with Gasteiger partial charge in [-0.05, 0) is 92.8 Å². The molecule has 2 amide bonds. The fourth-order valence-corrected chi connectivity index (χ4v) is 10.6. The molecular formula is C38H68N2O2. The third-order valence-corrected chi connectivity index (χ3v) is 13.2. The van der Waals surface area contributed by atoms with Gasteiger partial charge in [-0.2, -0.15) is 0 Å². The molecule has 0 bridgehead atoms. The molecule has 4 rings (SSSR count). The van der Waals surface area contributed by atoms with Crippen LogP contribution in [0.4, 0.5) is 0 Å². The Balaban J connectivity index is 1.08. The molecule has 2 N–H and O–H groups in total. The van der Waals surface area contributed by atoms with Crippen LogP contribution in [0.15, 0.2) is 0 Å². The van der Waals surface area contributed by atoms with Crippen LogP contribution in [0.3, 0.4) is 0 Å². The second-order valence-electron chi connectivity index (χ2n) is 15.9. The SMILES string of the molecule is CCCCCCCCCCCCCCCCCC(=O)NC(C)[C@H]1CC[C@H]2[C@@H]3CC[C@H]4NC(=O)CC[C@]4(C)[C@H]3CC[C@]12C. The van der Waals surface area contributed by atoms with E-state index in [1.807, 2.05) is 0 Å². The van der Waals surface area contributed by atoms with Crippen molar-refractivity contribution in [1.29, 1.82) is 0 Å². The topological polar surface area (TPSA) is 58.2 Å². The molecule has 42 heavy (non-hydrogen) atoms. The van der Waals surface area contributed by atoms with Gasteiger partial charge in [0.25, 0.3) is 0 Å². The van der Waals surface area contributed by atoms with Crippen molar-refractivity contribution >= 4 is 11.8 Å². The number of piperidine rings is 1. The van der Waals surface area contributed by atoms with Gasteiger partial charge in [0.2, 0.25) is 11.8 Å². The van der Waals surface area contributed by atoms with Crippen LogP contribution >= 0.6 is 0 Å².